The summed E-state index contributed by atoms with van der Waals surface area (Å²) in [5.74, 6) is 0. The summed E-state index contributed by atoms with van der Waals surface area (Å²) in [5, 5.41) is 6.25. The van der Waals surface area contributed by atoms with E-state index in [0.717, 1.165) is 6.54 Å². The molecule has 1 aliphatic rings. The number of para-hydroxylation sites is 1. The van der Waals surface area contributed by atoms with Gasteiger partial charge in [0.25, 0.3) is 0 Å². The van der Waals surface area contributed by atoms with Gasteiger partial charge < -0.3 is 10.3 Å². The Kier molecular flexibility index (Phi) is 1.75. The van der Waals surface area contributed by atoms with E-state index in [1.165, 1.54) is 45.9 Å². The van der Waals surface area contributed by atoms with Gasteiger partial charge in [-0.2, -0.15) is 0 Å². The summed E-state index contributed by atoms with van der Waals surface area (Å²) in [7, 11) is 0. The van der Waals surface area contributed by atoms with Gasteiger partial charge in [-0.15, -0.1) is 0 Å². The average molecular weight is 222 g/mol. The summed E-state index contributed by atoms with van der Waals surface area (Å²) in [6.07, 6.45) is 2.43. The molecule has 0 saturated heterocycles. The Hall–Kier alpha value is -1.96. The molecule has 0 atom stereocenters. The van der Waals surface area contributed by atoms with Crippen molar-refractivity contribution >= 4 is 27.5 Å². The van der Waals surface area contributed by atoms with E-state index in [0.29, 0.717) is 0 Å². The van der Waals surface area contributed by atoms with Crippen LogP contribution >= 0.6 is 0 Å². The summed E-state index contributed by atoms with van der Waals surface area (Å²) in [5.41, 5.74) is 5.25. The Morgan fingerprint density at radius 3 is 2.88 bits per heavy atom. The first-order valence-corrected chi connectivity index (χ1v) is 6.20. The van der Waals surface area contributed by atoms with Crippen molar-refractivity contribution in [2.24, 2.45) is 0 Å². The Morgan fingerprint density at radius 1 is 0.941 bits per heavy atom. The van der Waals surface area contributed by atoms with Gasteiger partial charge >= 0.3 is 0 Å². The topological polar surface area (TPSA) is 27.8 Å². The first kappa shape index (κ1) is 9.11. The summed E-state index contributed by atoms with van der Waals surface area (Å²) >= 11 is 0. The van der Waals surface area contributed by atoms with Gasteiger partial charge in [-0.25, -0.2) is 0 Å². The van der Waals surface area contributed by atoms with Crippen LogP contribution in [0.2, 0.25) is 0 Å². The fourth-order valence-corrected chi connectivity index (χ4v) is 2.89. The highest BCUT2D eigenvalue weighted by atomic mass is 14.9. The molecular formula is C15H14N2. The van der Waals surface area contributed by atoms with E-state index < -0.39 is 0 Å². The van der Waals surface area contributed by atoms with Crippen LogP contribution in [0.1, 0.15) is 12.0 Å². The van der Waals surface area contributed by atoms with Gasteiger partial charge in [0, 0.05) is 34.0 Å². The van der Waals surface area contributed by atoms with Crippen LogP contribution in [0.3, 0.4) is 0 Å². The zero-order chi connectivity index (χ0) is 11.2. The fraction of sp³-hybridized carbons (Fsp3) is 0.200. The molecule has 0 bridgehead atoms. The number of H-pyrrole nitrogens is 1. The van der Waals surface area contributed by atoms with Gasteiger partial charge in [0.05, 0.1) is 0 Å². The Balaban J connectivity index is 2.20. The number of rotatable bonds is 0. The number of benzene rings is 2. The molecular weight excluding hydrogens is 208 g/mol. The number of hydrogen-bond donors (Lipinski definition) is 2. The molecule has 0 saturated carbocycles. The second-order valence-corrected chi connectivity index (χ2v) is 4.72. The van der Waals surface area contributed by atoms with Crippen molar-refractivity contribution in [3.8, 4) is 0 Å². The van der Waals surface area contributed by atoms with E-state index in [-0.39, 0.29) is 0 Å². The third kappa shape index (κ3) is 1.21. The van der Waals surface area contributed by atoms with Gasteiger partial charge in [0.15, 0.2) is 0 Å². The van der Waals surface area contributed by atoms with E-state index in [1.54, 1.807) is 0 Å². The van der Waals surface area contributed by atoms with Crippen molar-refractivity contribution in [1.82, 2.24) is 4.98 Å². The maximum atomic E-state index is 3.56. The summed E-state index contributed by atoms with van der Waals surface area (Å²) in [6.45, 7) is 1.09. The lowest BCUT2D eigenvalue weighted by Crippen LogP contribution is -2.11. The van der Waals surface area contributed by atoms with E-state index in [2.05, 4.69) is 46.7 Å². The molecule has 17 heavy (non-hydrogen) atoms. The van der Waals surface area contributed by atoms with Gasteiger partial charge in [-0.3, -0.25) is 0 Å². The molecule has 4 rings (SSSR count). The summed E-state index contributed by atoms with van der Waals surface area (Å²) in [4.78, 5) is 3.49. The molecule has 2 nitrogen and oxygen atoms in total. The Bertz CT molecular complexity index is 709. The molecule has 0 amide bonds. The zero-order valence-corrected chi connectivity index (χ0v) is 9.59. The molecule has 2 N–H and O–H groups in total. The van der Waals surface area contributed by atoms with Crippen LogP contribution in [0.4, 0.5) is 5.69 Å². The first-order chi connectivity index (χ1) is 8.43. The van der Waals surface area contributed by atoms with Crippen LogP contribution in [0.15, 0.2) is 36.4 Å². The van der Waals surface area contributed by atoms with E-state index in [4.69, 9.17) is 0 Å². The first-order valence-electron chi connectivity index (χ1n) is 6.20. The largest absolute Gasteiger partial charge is 0.384 e. The average Bonchev–Trinajstić information content (AvgIpc) is 2.77. The standard InChI is InChI=1S/C15H14N2/c1-2-6-12-11(5-1)14-13(17-12)8-7-10-4-3-9-16-15(10)14/h1-2,5-8,16-17H,3-4,9H2. The summed E-state index contributed by atoms with van der Waals surface area (Å²) in [6, 6.07) is 13.0. The molecule has 0 spiro atoms. The Labute approximate surface area is 99.6 Å². The molecule has 0 radical (unpaired) electrons. The van der Waals surface area contributed by atoms with Gasteiger partial charge in [-0.05, 0) is 30.5 Å². The molecule has 2 heterocycles. The van der Waals surface area contributed by atoms with Crippen LogP contribution in [-0.2, 0) is 6.42 Å². The quantitative estimate of drug-likeness (QED) is 0.596. The highest BCUT2D eigenvalue weighted by molar-refractivity contribution is 6.14. The van der Waals surface area contributed by atoms with Crippen molar-refractivity contribution in [2.75, 3.05) is 11.9 Å². The van der Waals surface area contributed by atoms with Crippen molar-refractivity contribution < 1.29 is 0 Å². The van der Waals surface area contributed by atoms with Crippen LogP contribution < -0.4 is 5.32 Å². The molecule has 3 aromatic rings. The van der Waals surface area contributed by atoms with E-state index >= 15 is 0 Å². The lowest BCUT2D eigenvalue weighted by atomic mass is 9.99. The number of hydrogen-bond acceptors (Lipinski definition) is 1. The molecule has 84 valence electrons. The van der Waals surface area contributed by atoms with Crippen molar-refractivity contribution in [2.45, 2.75) is 12.8 Å². The number of aromatic amines is 1. The fourth-order valence-electron chi connectivity index (χ4n) is 2.89. The summed E-state index contributed by atoms with van der Waals surface area (Å²) < 4.78 is 0. The second kappa shape index (κ2) is 3.27. The zero-order valence-electron chi connectivity index (χ0n) is 9.59. The number of aryl methyl sites for hydroxylation is 1. The van der Waals surface area contributed by atoms with Gasteiger partial charge in [-0.1, -0.05) is 24.3 Å². The predicted octanol–water partition coefficient (Wildman–Crippen LogP) is 3.68. The van der Waals surface area contributed by atoms with E-state index in [9.17, 15) is 0 Å². The molecule has 0 fully saturated rings. The lowest BCUT2D eigenvalue weighted by Gasteiger charge is -2.18. The molecule has 1 aliphatic heterocycles. The predicted molar refractivity (Wildman–Crippen MR) is 72.6 cm³/mol. The van der Waals surface area contributed by atoms with Crippen molar-refractivity contribution in [3.63, 3.8) is 0 Å². The smallest absolute Gasteiger partial charge is 0.0486 e. The monoisotopic (exact) mass is 222 g/mol. The molecule has 0 unspecified atom stereocenters. The maximum Gasteiger partial charge on any atom is 0.0486 e. The third-order valence-electron chi connectivity index (χ3n) is 3.68. The maximum absolute atomic E-state index is 3.56. The lowest BCUT2D eigenvalue weighted by molar-refractivity contribution is 0.833. The minimum atomic E-state index is 1.09. The SMILES string of the molecule is c1ccc2c(c1)[nH]c1ccc3c(c12)NCCC3. The number of aromatic nitrogens is 1. The van der Waals surface area contributed by atoms with E-state index in [1.807, 2.05) is 0 Å². The van der Waals surface area contributed by atoms with Crippen molar-refractivity contribution in [3.05, 3.63) is 42.0 Å². The van der Waals surface area contributed by atoms with Crippen LogP contribution in [-0.4, -0.2) is 11.5 Å². The van der Waals surface area contributed by atoms with Crippen LogP contribution in [0.25, 0.3) is 21.8 Å². The number of fused-ring (bicyclic) bond motifs is 5. The number of nitrogens with one attached hydrogen (secondary N) is 2. The van der Waals surface area contributed by atoms with Gasteiger partial charge in [0.2, 0.25) is 0 Å². The molecule has 1 aromatic heterocycles. The molecule has 2 aromatic carbocycles. The van der Waals surface area contributed by atoms with Crippen LogP contribution in [0, 0.1) is 0 Å². The minimum absolute atomic E-state index is 1.09. The normalized spacial score (nSPS) is 14.8. The third-order valence-corrected chi connectivity index (χ3v) is 3.68. The molecule has 0 aliphatic carbocycles. The highest BCUT2D eigenvalue weighted by Gasteiger charge is 2.14. The Morgan fingerprint density at radius 2 is 1.88 bits per heavy atom. The highest BCUT2D eigenvalue weighted by Crippen LogP contribution is 2.35. The minimum Gasteiger partial charge on any atom is -0.384 e. The number of anilines is 1. The van der Waals surface area contributed by atoms with Crippen molar-refractivity contribution in [1.29, 1.82) is 0 Å². The van der Waals surface area contributed by atoms with Gasteiger partial charge in [0.1, 0.15) is 0 Å². The van der Waals surface area contributed by atoms with Crippen LogP contribution in [0.5, 0.6) is 0 Å². The second-order valence-electron chi connectivity index (χ2n) is 4.72. The molecule has 2 heteroatoms.